The summed E-state index contributed by atoms with van der Waals surface area (Å²) in [5, 5.41) is 9.41. The highest BCUT2D eigenvalue weighted by molar-refractivity contribution is 5.96. The Morgan fingerprint density at radius 2 is 2.31 bits per heavy atom. The Kier molecular flexibility index (Phi) is 1.72. The number of benzene rings is 1. The maximum absolute atomic E-state index is 11.3. The molecule has 3 heteroatoms. The molecule has 0 radical (unpaired) electrons. The Morgan fingerprint density at radius 3 is 3.00 bits per heavy atom. The monoisotopic (exact) mass is 178 g/mol. The zero-order chi connectivity index (χ0) is 9.42. The molecular weight excluding hydrogens is 168 g/mol. The molecule has 68 valence electrons. The average Bonchev–Trinajstić information content (AvgIpc) is 2.44. The molecule has 1 aromatic carbocycles. The molecule has 3 nitrogen and oxygen atoms in total. The van der Waals surface area contributed by atoms with Crippen LogP contribution in [0.15, 0.2) is 18.2 Å². The first-order valence-corrected chi connectivity index (χ1v) is 4.27. The molecule has 1 aliphatic heterocycles. The Balaban J connectivity index is 2.57. The first kappa shape index (κ1) is 8.10. The van der Waals surface area contributed by atoms with Gasteiger partial charge in [-0.25, -0.2) is 4.79 Å². The van der Waals surface area contributed by atoms with Crippen molar-refractivity contribution in [3.63, 3.8) is 0 Å². The zero-order valence-corrected chi connectivity index (χ0v) is 7.28. The number of aromatic hydroxyl groups is 1. The molecule has 1 aliphatic rings. The van der Waals surface area contributed by atoms with Gasteiger partial charge >= 0.3 is 5.97 Å². The fourth-order valence-corrected chi connectivity index (χ4v) is 1.60. The van der Waals surface area contributed by atoms with Crippen molar-refractivity contribution >= 4 is 5.97 Å². The summed E-state index contributed by atoms with van der Waals surface area (Å²) >= 11 is 0. The highest BCUT2D eigenvalue weighted by Crippen LogP contribution is 2.37. The minimum Gasteiger partial charge on any atom is -0.507 e. The molecule has 0 spiro atoms. The number of hydrogen-bond acceptors (Lipinski definition) is 3. The lowest BCUT2D eigenvalue weighted by Crippen LogP contribution is -1.96. The van der Waals surface area contributed by atoms with Crippen LogP contribution in [0, 0.1) is 0 Å². The number of esters is 1. The lowest BCUT2D eigenvalue weighted by Gasteiger charge is -2.05. The minimum atomic E-state index is -0.417. The number of carbonyl (C=O) groups excluding carboxylic acids is 1. The molecule has 2 rings (SSSR count). The van der Waals surface area contributed by atoms with Gasteiger partial charge in [-0.2, -0.15) is 0 Å². The second kappa shape index (κ2) is 2.76. The van der Waals surface area contributed by atoms with Crippen LogP contribution >= 0.6 is 0 Å². The summed E-state index contributed by atoms with van der Waals surface area (Å²) in [6, 6.07) is 5.03. The van der Waals surface area contributed by atoms with Crippen LogP contribution in [-0.4, -0.2) is 11.1 Å². The predicted molar refractivity (Wildman–Crippen MR) is 46.6 cm³/mol. The van der Waals surface area contributed by atoms with Crippen LogP contribution < -0.4 is 0 Å². The smallest absolute Gasteiger partial charge is 0.342 e. The Hall–Kier alpha value is -1.51. The Labute approximate surface area is 76.0 Å². The van der Waals surface area contributed by atoms with Gasteiger partial charge in [-0.05, 0) is 12.5 Å². The largest absolute Gasteiger partial charge is 0.507 e. The van der Waals surface area contributed by atoms with Crippen molar-refractivity contribution in [3.8, 4) is 5.75 Å². The van der Waals surface area contributed by atoms with Gasteiger partial charge < -0.3 is 9.84 Å². The summed E-state index contributed by atoms with van der Waals surface area (Å²) in [6.07, 6.45) is 0.553. The molecule has 13 heavy (non-hydrogen) atoms. The van der Waals surface area contributed by atoms with Crippen LogP contribution in [0.5, 0.6) is 5.75 Å². The lowest BCUT2D eigenvalue weighted by atomic mass is 10.0. The van der Waals surface area contributed by atoms with E-state index in [0.29, 0.717) is 5.56 Å². The van der Waals surface area contributed by atoms with Gasteiger partial charge in [0.05, 0.1) is 0 Å². The van der Waals surface area contributed by atoms with Gasteiger partial charge in [0.25, 0.3) is 0 Å². The van der Waals surface area contributed by atoms with E-state index >= 15 is 0 Å². The fraction of sp³-hybridized carbons (Fsp3) is 0.300. The highest BCUT2D eigenvalue weighted by Gasteiger charge is 2.31. The molecule has 1 N–H and O–H groups in total. The molecule has 0 amide bonds. The summed E-state index contributed by atoms with van der Waals surface area (Å²) in [7, 11) is 0. The molecule has 0 bridgehead atoms. The third-order valence-corrected chi connectivity index (χ3v) is 2.25. The van der Waals surface area contributed by atoms with E-state index in [9.17, 15) is 9.90 Å². The second-order valence-electron chi connectivity index (χ2n) is 3.04. The van der Waals surface area contributed by atoms with Crippen molar-refractivity contribution in [3.05, 3.63) is 29.3 Å². The van der Waals surface area contributed by atoms with E-state index < -0.39 is 5.97 Å². The van der Waals surface area contributed by atoms with Gasteiger partial charge in [-0.3, -0.25) is 0 Å². The third kappa shape index (κ3) is 1.08. The average molecular weight is 178 g/mol. The SMILES string of the molecule is CCC1OC(=O)c2c(O)cccc21. The summed E-state index contributed by atoms with van der Waals surface area (Å²) in [6.45, 7) is 1.94. The van der Waals surface area contributed by atoms with E-state index in [0.717, 1.165) is 12.0 Å². The van der Waals surface area contributed by atoms with Gasteiger partial charge in [-0.1, -0.05) is 19.1 Å². The summed E-state index contributed by atoms with van der Waals surface area (Å²) < 4.78 is 5.06. The van der Waals surface area contributed by atoms with Crippen molar-refractivity contribution in [1.82, 2.24) is 0 Å². The van der Waals surface area contributed by atoms with Crippen molar-refractivity contribution in [2.75, 3.05) is 0 Å². The number of phenolic OH excluding ortho intramolecular Hbond substituents is 1. The predicted octanol–water partition coefficient (Wildman–Crippen LogP) is 2.01. The molecule has 0 saturated heterocycles. The van der Waals surface area contributed by atoms with Crippen LogP contribution in [0.25, 0.3) is 0 Å². The fourth-order valence-electron chi connectivity index (χ4n) is 1.60. The van der Waals surface area contributed by atoms with E-state index in [1.54, 1.807) is 6.07 Å². The third-order valence-electron chi connectivity index (χ3n) is 2.25. The molecule has 0 fully saturated rings. The number of ether oxygens (including phenoxy) is 1. The van der Waals surface area contributed by atoms with E-state index in [4.69, 9.17) is 4.74 Å². The van der Waals surface area contributed by atoms with Gasteiger partial charge in [0.15, 0.2) is 0 Å². The highest BCUT2D eigenvalue weighted by atomic mass is 16.5. The number of fused-ring (bicyclic) bond motifs is 1. The summed E-state index contributed by atoms with van der Waals surface area (Å²) in [4.78, 5) is 11.3. The molecule has 0 aliphatic carbocycles. The normalized spacial score (nSPS) is 19.8. The van der Waals surface area contributed by atoms with E-state index in [2.05, 4.69) is 0 Å². The minimum absolute atomic E-state index is 0.0125. The van der Waals surface area contributed by atoms with Crippen LogP contribution in [0.1, 0.15) is 35.4 Å². The summed E-state index contributed by atoms with van der Waals surface area (Å²) in [5.74, 6) is -0.404. The topological polar surface area (TPSA) is 46.5 Å². The number of rotatable bonds is 1. The van der Waals surface area contributed by atoms with Crippen LogP contribution in [0.2, 0.25) is 0 Å². The molecule has 1 heterocycles. The molecule has 1 atom stereocenters. The number of carbonyl (C=O) groups is 1. The van der Waals surface area contributed by atoms with Gasteiger partial charge in [0.2, 0.25) is 0 Å². The molecule has 0 aromatic heterocycles. The maximum Gasteiger partial charge on any atom is 0.342 e. The van der Waals surface area contributed by atoms with Gasteiger partial charge in [0, 0.05) is 5.56 Å². The summed E-state index contributed by atoms with van der Waals surface area (Å²) in [5.41, 5.74) is 1.13. The first-order chi connectivity index (χ1) is 6.24. The standard InChI is InChI=1S/C10H10O3/c1-2-8-6-4-3-5-7(11)9(6)10(12)13-8/h3-5,8,11H,2H2,1H3. The Morgan fingerprint density at radius 1 is 1.54 bits per heavy atom. The van der Waals surface area contributed by atoms with Gasteiger partial charge in [-0.15, -0.1) is 0 Å². The molecule has 1 unspecified atom stereocenters. The van der Waals surface area contributed by atoms with E-state index in [1.165, 1.54) is 6.07 Å². The van der Waals surface area contributed by atoms with Gasteiger partial charge in [0.1, 0.15) is 17.4 Å². The first-order valence-electron chi connectivity index (χ1n) is 4.27. The maximum atomic E-state index is 11.3. The van der Waals surface area contributed by atoms with Crippen LogP contribution in [0.3, 0.4) is 0 Å². The van der Waals surface area contributed by atoms with Crippen molar-refractivity contribution < 1.29 is 14.6 Å². The number of phenols is 1. The van der Waals surface area contributed by atoms with Crippen LogP contribution in [0.4, 0.5) is 0 Å². The molecule has 1 aromatic rings. The Bertz CT molecular complexity index is 357. The van der Waals surface area contributed by atoms with E-state index in [1.807, 2.05) is 13.0 Å². The molecular formula is C10H10O3. The lowest BCUT2D eigenvalue weighted by molar-refractivity contribution is 0.0377. The van der Waals surface area contributed by atoms with Crippen molar-refractivity contribution in [1.29, 1.82) is 0 Å². The quantitative estimate of drug-likeness (QED) is 0.669. The second-order valence-corrected chi connectivity index (χ2v) is 3.04. The number of cyclic esters (lactones) is 1. The number of hydrogen-bond donors (Lipinski definition) is 1. The van der Waals surface area contributed by atoms with Crippen molar-refractivity contribution in [2.24, 2.45) is 0 Å². The van der Waals surface area contributed by atoms with Crippen LogP contribution in [-0.2, 0) is 4.74 Å². The van der Waals surface area contributed by atoms with E-state index in [-0.39, 0.29) is 11.9 Å². The zero-order valence-electron chi connectivity index (χ0n) is 7.28. The van der Waals surface area contributed by atoms with Crippen molar-refractivity contribution in [2.45, 2.75) is 19.4 Å². The molecule has 0 saturated carbocycles.